The molecule has 0 radical (unpaired) electrons. The third kappa shape index (κ3) is 3.29. The first-order chi connectivity index (χ1) is 11.8. The largest absolute Gasteiger partial charge is 0.354 e. The van der Waals surface area contributed by atoms with Crippen molar-refractivity contribution in [3.8, 4) is 0 Å². The number of piperazine rings is 1. The second-order valence-electron chi connectivity index (χ2n) is 7.57. The lowest BCUT2D eigenvalue weighted by Gasteiger charge is -2.43. The van der Waals surface area contributed by atoms with Gasteiger partial charge in [0.2, 0.25) is 0 Å². The summed E-state index contributed by atoms with van der Waals surface area (Å²) in [5, 5.41) is 0. The minimum absolute atomic E-state index is 0.872. The van der Waals surface area contributed by atoms with Gasteiger partial charge in [0.15, 0.2) is 0 Å². The normalized spacial score (nSPS) is 23.6. The topological polar surface area (TPSA) is 35.5 Å². The number of aromatic nitrogens is 2. The molecule has 2 fully saturated rings. The highest BCUT2D eigenvalue weighted by Crippen LogP contribution is 2.28. The van der Waals surface area contributed by atoms with Crippen LogP contribution in [0.3, 0.4) is 0 Å². The summed E-state index contributed by atoms with van der Waals surface area (Å²) >= 11 is 0. The lowest BCUT2D eigenvalue weighted by molar-refractivity contribution is 0.120. The van der Waals surface area contributed by atoms with Gasteiger partial charge in [-0.3, -0.25) is 4.90 Å². The molecule has 3 heterocycles. The second kappa shape index (κ2) is 7.36. The van der Waals surface area contributed by atoms with Crippen LogP contribution in [0.25, 0.3) is 0 Å². The van der Waals surface area contributed by atoms with Gasteiger partial charge in [0.1, 0.15) is 12.1 Å². The van der Waals surface area contributed by atoms with E-state index in [0.717, 1.165) is 45.1 Å². The Morgan fingerprint density at radius 3 is 2.50 bits per heavy atom. The molecule has 0 spiro atoms. The van der Waals surface area contributed by atoms with Gasteiger partial charge in [0.05, 0.1) is 5.69 Å². The van der Waals surface area contributed by atoms with Crippen LogP contribution in [0.2, 0.25) is 0 Å². The van der Waals surface area contributed by atoms with Crippen molar-refractivity contribution in [1.29, 1.82) is 0 Å². The third-order valence-electron chi connectivity index (χ3n) is 6.10. The molecule has 0 atom stereocenters. The Morgan fingerprint density at radius 1 is 1.00 bits per heavy atom. The Kier molecular flexibility index (Phi) is 4.99. The number of fused-ring (bicyclic) bond motifs is 1. The number of anilines is 1. The Bertz CT molecular complexity index is 549. The fourth-order valence-electron chi connectivity index (χ4n) is 4.42. The van der Waals surface area contributed by atoms with Gasteiger partial charge in [-0.2, -0.15) is 0 Å². The highest BCUT2D eigenvalue weighted by atomic mass is 15.3. The molecule has 0 amide bonds. The Morgan fingerprint density at radius 2 is 1.79 bits per heavy atom. The van der Waals surface area contributed by atoms with Crippen LogP contribution in [0.1, 0.15) is 43.9 Å². The highest BCUT2D eigenvalue weighted by molar-refractivity contribution is 5.49. The molecule has 4 rings (SSSR count). The standard InChI is InChI=1S/C19H31N5/c1-2-8-22-9-6-17-18(7-10-22)20-15-21-19(17)24-13-11-23(12-14-24)16-4-3-5-16/h15-16H,2-14H2,1H3. The van der Waals surface area contributed by atoms with Crippen LogP contribution in [0.15, 0.2) is 6.33 Å². The molecule has 5 nitrogen and oxygen atoms in total. The van der Waals surface area contributed by atoms with Crippen LogP contribution in [-0.2, 0) is 12.8 Å². The Balaban J connectivity index is 1.45. The summed E-state index contributed by atoms with van der Waals surface area (Å²) in [5.41, 5.74) is 2.72. The van der Waals surface area contributed by atoms with E-state index in [1.165, 1.54) is 62.4 Å². The van der Waals surface area contributed by atoms with Crippen molar-refractivity contribution in [3.63, 3.8) is 0 Å². The quantitative estimate of drug-likeness (QED) is 0.844. The summed E-state index contributed by atoms with van der Waals surface area (Å²) in [5.74, 6) is 1.23. The predicted octanol–water partition coefficient (Wildman–Crippen LogP) is 1.96. The van der Waals surface area contributed by atoms with E-state index in [4.69, 9.17) is 4.98 Å². The first kappa shape index (κ1) is 16.3. The highest BCUT2D eigenvalue weighted by Gasteiger charge is 2.29. The van der Waals surface area contributed by atoms with Crippen LogP contribution in [0, 0.1) is 0 Å². The molecule has 0 N–H and O–H groups in total. The van der Waals surface area contributed by atoms with E-state index in [1.54, 1.807) is 6.33 Å². The molecule has 1 aromatic rings. The third-order valence-corrected chi connectivity index (χ3v) is 6.10. The fraction of sp³-hybridized carbons (Fsp3) is 0.789. The Labute approximate surface area is 146 Å². The number of hydrogen-bond donors (Lipinski definition) is 0. The summed E-state index contributed by atoms with van der Waals surface area (Å²) < 4.78 is 0. The lowest BCUT2D eigenvalue weighted by atomic mass is 9.91. The van der Waals surface area contributed by atoms with Crippen LogP contribution in [-0.4, -0.2) is 71.6 Å². The summed E-state index contributed by atoms with van der Waals surface area (Å²) in [6.07, 6.45) is 9.46. The van der Waals surface area contributed by atoms with E-state index in [-0.39, 0.29) is 0 Å². The zero-order chi connectivity index (χ0) is 16.4. The predicted molar refractivity (Wildman–Crippen MR) is 97.6 cm³/mol. The van der Waals surface area contributed by atoms with Crippen LogP contribution >= 0.6 is 0 Å². The molecule has 0 bridgehead atoms. The molecule has 0 unspecified atom stereocenters. The first-order valence-electron chi connectivity index (χ1n) is 9.89. The van der Waals surface area contributed by atoms with Gasteiger partial charge in [-0.25, -0.2) is 9.97 Å². The molecule has 24 heavy (non-hydrogen) atoms. The number of nitrogens with zero attached hydrogens (tertiary/aromatic N) is 5. The zero-order valence-corrected chi connectivity index (χ0v) is 15.1. The van der Waals surface area contributed by atoms with E-state index in [1.807, 2.05) is 0 Å². The molecule has 1 saturated carbocycles. The minimum Gasteiger partial charge on any atom is -0.354 e. The van der Waals surface area contributed by atoms with E-state index in [9.17, 15) is 0 Å². The van der Waals surface area contributed by atoms with Crippen LogP contribution in [0.5, 0.6) is 0 Å². The summed E-state index contributed by atoms with van der Waals surface area (Å²) in [4.78, 5) is 17.1. The van der Waals surface area contributed by atoms with Gasteiger partial charge < -0.3 is 9.80 Å². The van der Waals surface area contributed by atoms with E-state index in [2.05, 4.69) is 26.6 Å². The maximum Gasteiger partial charge on any atom is 0.135 e. The lowest BCUT2D eigenvalue weighted by Crippen LogP contribution is -2.52. The molecule has 2 aliphatic heterocycles. The van der Waals surface area contributed by atoms with Crippen molar-refractivity contribution in [2.45, 2.75) is 51.5 Å². The van der Waals surface area contributed by atoms with E-state index >= 15 is 0 Å². The zero-order valence-electron chi connectivity index (χ0n) is 15.1. The number of rotatable bonds is 4. The van der Waals surface area contributed by atoms with Crippen LogP contribution < -0.4 is 4.90 Å². The van der Waals surface area contributed by atoms with Gasteiger partial charge in [0, 0.05) is 57.3 Å². The second-order valence-corrected chi connectivity index (χ2v) is 7.57. The first-order valence-corrected chi connectivity index (χ1v) is 9.89. The van der Waals surface area contributed by atoms with E-state index < -0.39 is 0 Å². The number of hydrogen-bond acceptors (Lipinski definition) is 5. The van der Waals surface area contributed by atoms with Crippen molar-refractivity contribution in [2.75, 3.05) is 50.7 Å². The van der Waals surface area contributed by atoms with Crippen molar-refractivity contribution in [3.05, 3.63) is 17.6 Å². The fourth-order valence-corrected chi connectivity index (χ4v) is 4.42. The molecule has 0 aromatic carbocycles. The summed E-state index contributed by atoms with van der Waals surface area (Å²) in [7, 11) is 0. The van der Waals surface area contributed by atoms with Crippen molar-refractivity contribution in [1.82, 2.24) is 19.8 Å². The van der Waals surface area contributed by atoms with Crippen molar-refractivity contribution in [2.24, 2.45) is 0 Å². The minimum atomic E-state index is 0.872. The molecule has 1 aromatic heterocycles. The molecule has 1 aliphatic carbocycles. The molecule has 132 valence electrons. The maximum atomic E-state index is 4.71. The van der Waals surface area contributed by atoms with E-state index in [0.29, 0.717) is 0 Å². The van der Waals surface area contributed by atoms with Gasteiger partial charge in [0.25, 0.3) is 0 Å². The monoisotopic (exact) mass is 329 g/mol. The van der Waals surface area contributed by atoms with Gasteiger partial charge >= 0.3 is 0 Å². The average molecular weight is 329 g/mol. The molecule has 1 saturated heterocycles. The van der Waals surface area contributed by atoms with Gasteiger partial charge in [-0.05, 0) is 32.2 Å². The van der Waals surface area contributed by atoms with Gasteiger partial charge in [-0.1, -0.05) is 13.3 Å². The average Bonchev–Trinajstić information content (AvgIpc) is 2.77. The smallest absolute Gasteiger partial charge is 0.135 e. The van der Waals surface area contributed by atoms with Crippen LogP contribution in [0.4, 0.5) is 5.82 Å². The summed E-state index contributed by atoms with van der Waals surface area (Å²) in [6, 6.07) is 0.872. The molecular weight excluding hydrogens is 298 g/mol. The van der Waals surface area contributed by atoms with Crippen molar-refractivity contribution >= 4 is 5.82 Å². The van der Waals surface area contributed by atoms with Gasteiger partial charge in [-0.15, -0.1) is 0 Å². The molecular formula is C19H31N5. The summed E-state index contributed by atoms with van der Waals surface area (Å²) in [6.45, 7) is 10.4. The molecule has 5 heteroatoms. The SMILES string of the molecule is CCCN1CCc2ncnc(N3CCN(C4CCC4)CC3)c2CC1. The molecule has 3 aliphatic rings. The van der Waals surface area contributed by atoms with Crippen molar-refractivity contribution < 1.29 is 0 Å². The maximum absolute atomic E-state index is 4.71. The Hall–Kier alpha value is -1.20.